The molecule has 0 atom stereocenters. The Morgan fingerprint density at radius 2 is 2.00 bits per heavy atom. The highest BCUT2D eigenvalue weighted by Crippen LogP contribution is 2.22. The Morgan fingerprint density at radius 3 is 2.47 bits per heavy atom. The predicted molar refractivity (Wildman–Crippen MR) is 63.0 cm³/mol. The van der Waals surface area contributed by atoms with Crippen LogP contribution in [0.2, 0.25) is 0 Å². The topological polar surface area (TPSA) is 63.3 Å². The minimum atomic E-state index is -1.09. The molecule has 0 aliphatic heterocycles. The van der Waals surface area contributed by atoms with Crippen molar-refractivity contribution < 1.29 is 14.3 Å². The van der Waals surface area contributed by atoms with Crippen molar-refractivity contribution in [3.05, 3.63) is 41.3 Å². The van der Waals surface area contributed by atoms with E-state index < -0.39 is 5.97 Å². The van der Waals surface area contributed by atoms with E-state index in [1.165, 1.54) is 5.56 Å². The summed E-state index contributed by atoms with van der Waals surface area (Å²) in [5.41, 5.74) is 2.40. The molecule has 0 saturated heterocycles. The van der Waals surface area contributed by atoms with Gasteiger partial charge in [0, 0.05) is 5.56 Å². The quantitative estimate of drug-likeness (QED) is 0.882. The number of aryl methyl sites for hydroxylation is 2. The molecule has 2 rings (SSSR count). The van der Waals surface area contributed by atoms with Crippen molar-refractivity contribution in [2.45, 2.75) is 20.3 Å². The molecule has 1 heterocycles. The van der Waals surface area contributed by atoms with Gasteiger partial charge in [0.1, 0.15) is 0 Å². The second-order valence-corrected chi connectivity index (χ2v) is 3.79. The fourth-order valence-corrected chi connectivity index (χ4v) is 1.60. The Morgan fingerprint density at radius 1 is 1.35 bits per heavy atom. The summed E-state index contributed by atoms with van der Waals surface area (Å²) in [4.78, 5) is 14.9. The first-order valence-corrected chi connectivity index (χ1v) is 5.42. The van der Waals surface area contributed by atoms with Gasteiger partial charge in [0.15, 0.2) is 0 Å². The van der Waals surface area contributed by atoms with Gasteiger partial charge in [-0.05, 0) is 31.0 Å². The summed E-state index contributed by atoms with van der Waals surface area (Å²) in [6, 6.07) is 7.73. The maximum Gasteiger partial charge on any atom is 0.373 e. The van der Waals surface area contributed by atoms with Crippen LogP contribution in [0.5, 0.6) is 0 Å². The fraction of sp³-hybridized carbons (Fsp3) is 0.231. The van der Waals surface area contributed by atoms with Crippen molar-refractivity contribution in [2.75, 3.05) is 0 Å². The standard InChI is InChI=1S/C13H13NO3/c1-3-9-4-6-10(7-5-9)12-14-8(2)11(17-12)13(15)16/h4-7H,3H2,1-2H3,(H,15,16). The zero-order valence-electron chi connectivity index (χ0n) is 9.73. The molecule has 0 radical (unpaired) electrons. The number of hydrogen-bond donors (Lipinski definition) is 1. The van der Waals surface area contributed by atoms with Crippen LogP contribution in [-0.2, 0) is 6.42 Å². The van der Waals surface area contributed by atoms with Gasteiger partial charge in [-0.1, -0.05) is 19.1 Å². The Kier molecular flexibility index (Phi) is 2.95. The molecule has 17 heavy (non-hydrogen) atoms. The average Bonchev–Trinajstić information content (AvgIpc) is 2.71. The van der Waals surface area contributed by atoms with Crippen LogP contribution in [-0.4, -0.2) is 16.1 Å². The van der Waals surface area contributed by atoms with Gasteiger partial charge in [-0.15, -0.1) is 0 Å². The van der Waals surface area contributed by atoms with Crippen LogP contribution in [0.1, 0.15) is 28.7 Å². The third-order valence-electron chi connectivity index (χ3n) is 2.60. The highest BCUT2D eigenvalue weighted by molar-refractivity contribution is 5.86. The summed E-state index contributed by atoms with van der Waals surface area (Å²) >= 11 is 0. The minimum absolute atomic E-state index is 0.0976. The second-order valence-electron chi connectivity index (χ2n) is 3.79. The normalized spacial score (nSPS) is 10.5. The van der Waals surface area contributed by atoms with Gasteiger partial charge in [0.05, 0.1) is 5.69 Å². The summed E-state index contributed by atoms with van der Waals surface area (Å²) in [7, 11) is 0. The first-order valence-electron chi connectivity index (χ1n) is 5.42. The predicted octanol–water partition coefficient (Wildman–Crippen LogP) is 2.91. The van der Waals surface area contributed by atoms with E-state index in [1.807, 2.05) is 24.3 Å². The number of carboxylic acids is 1. The molecule has 0 spiro atoms. The first kappa shape index (κ1) is 11.4. The smallest absolute Gasteiger partial charge is 0.373 e. The number of rotatable bonds is 3. The van der Waals surface area contributed by atoms with Gasteiger partial charge in [0.2, 0.25) is 11.7 Å². The van der Waals surface area contributed by atoms with E-state index in [2.05, 4.69) is 11.9 Å². The van der Waals surface area contributed by atoms with Gasteiger partial charge in [-0.3, -0.25) is 0 Å². The lowest BCUT2D eigenvalue weighted by molar-refractivity contribution is 0.0662. The molecule has 2 aromatic rings. The summed E-state index contributed by atoms with van der Waals surface area (Å²) in [5.74, 6) is -0.839. The Bertz CT molecular complexity index is 540. The molecule has 0 saturated carbocycles. The molecule has 0 bridgehead atoms. The number of hydrogen-bond acceptors (Lipinski definition) is 3. The van der Waals surface area contributed by atoms with E-state index in [0.717, 1.165) is 12.0 Å². The van der Waals surface area contributed by atoms with Crippen LogP contribution in [0.3, 0.4) is 0 Å². The summed E-state index contributed by atoms with van der Waals surface area (Å²) in [6.07, 6.45) is 0.964. The molecule has 1 aromatic carbocycles. The molecule has 4 nitrogen and oxygen atoms in total. The number of oxazole rings is 1. The zero-order chi connectivity index (χ0) is 12.4. The van der Waals surface area contributed by atoms with Crippen molar-refractivity contribution in [3.63, 3.8) is 0 Å². The molecule has 0 fully saturated rings. The number of carboxylic acid groups (broad SMARTS) is 1. The van der Waals surface area contributed by atoms with Crippen molar-refractivity contribution in [2.24, 2.45) is 0 Å². The van der Waals surface area contributed by atoms with Crippen molar-refractivity contribution >= 4 is 5.97 Å². The van der Waals surface area contributed by atoms with Crippen molar-refractivity contribution in [1.82, 2.24) is 4.98 Å². The highest BCUT2D eigenvalue weighted by Gasteiger charge is 2.16. The fourth-order valence-electron chi connectivity index (χ4n) is 1.60. The van der Waals surface area contributed by atoms with E-state index in [-0.39, 0.29) is 5.76 Å². The molecule has 0 aliphatic rings. The summed E-state index contributed by atoms with van der Waals surface area (Å²) in [6.45, 7) is 3.70. The van der Waals surface area contributed by atoms with E-state index >= 15 is 0 Å². The van der Waals surface area contributed by atoms with Crippen molar-refractivity contribution in [3.8, 4) is 11.5 Å². The van der Waals surface area contributed by atoms with Crippen LogP contribution in [0.4, 0.5) is 0 Å². The van der Waals surface area contributed by atoms with Gasteiger partial charge in [0.25, 0.3) is 0 Å². The molecular weight excluding hydrogens is 218 g/mol. The molecule has 1 aromatic heterocycles. The third kappa shape index (κ3) is 2.20. The van der Waals surface area contributed by atoms with Gasteiger partial charge in [-0.2, -0.15) is 0 Å². The van der Waals surface area contributed by atoms with Crippen LogP contribution < -0.4 is 0 Å². The zero-order valence-corrected chi connectivity index (χ0v) is 9.73. The lowest BCUT2D eigenvalue weighted by Gasteiger charge is -1.97. The molecule has 88 valence electrons. The minimum Gasteiger partial charge on any atom is -0.475 e. The Labute approximate surface area is 98.9 Å². The van der Waals surface area contributed by atoms with Crippen molar-refractivity contribution in [1.29, 1.82) is 0 Å². The van der Waals surface area contributed by atoms with E-state index in [1.54, 1.807) is 6.92 Å². The van der Waals surface area contributed by atoms with Crippen LogP contribution in [0.15, 0.2) is 28.7 Å². The van der Waals surface area contributed by atoms with E-state index in [9.17, 15) is 4.79 Å². The lowest BCUT2D eigenvalue weighted by atomic mass is 10.1. The van der Waals surface area contributed by atoms with Crippen LogP contribution >= 0.6 is 0 Å². The molecule has 4 heteroatoms. The maximum atomic E-state index is 10.8. The monoisotopic (exact) mass is 231 g/mol. The molecule has 0 unspecified atom stereocenters. The molecule has 1 N–H and O–H groups in total. The SMILES string of the molecule is CCc1ccc(-c2nc(C)c(C(=O)O)o2)cc1. The number of aromatic nitrogens is 1. The lowest BCUT2D eigenvalue weighted by Crippen LogP contribution is -1.95. The summed E-state index contributed by atoms with van der Waals surface area (Å²) < 4.78 is 5.22. The number of carbonyl (C=O) groups is 1. The molecular formula is C13H13NO3. The third-order valence-corrected chi connectivity index (χ3v) is 2.60. The number of benzene rings is 1. The molecule has 0 aliphatic carbocycles. The van der Waals surface area contributed by atoms with Crippen LogP contribution in [0, 0.1) is 6.92 Å². The molecule has 0 amide bonds. The number of nitrogens with zero attached hydrogens (tertiary/aromatic N) is 1. The largest absolute Gasteiger partial charge is 0.475 e. The Hall–Kier alpha value is -2.10. The van der Waals surface area contributed by atoms with Gasteiger partial charge >= 0.3 is 5.97 Å². The summed E-state index contributed by atoms with van der Waals surface area (Å²) in [5, 5.41) is 8.87. The van der Waals surface area contributed by atoms with Gasteiger partial charge in [-0.25, -0.2) is 9.78 Å². The average molecular weight is 231 g/mol. The van der Waals surface area contributed by atoms with Gasteiger partial charge < -0.3 is 9.52 Å². The number of aromatic carboxylic acids is 1. The van der Waals surface area contributed by atoms with E-state index in [4.69, 9.17) is 9.52 Å². The highest BCUT2D eigenvalue weighted by atomic mass is 16.4. The Balaban J connectivity index is 2.39. The van der Waals surface area contributed by atoms with Crippen LogP contribution in [0.25, 0.3) is 11.5 Å². The first-order chi connectivity index (χ1) is 8.11. The maximum absolute atomic E-state index is 10.8. The van der Waals surface area contributed by atoms with E-state index in [0.29, 0.717) is 11.6 Å². The second kappa shape index (κ2) is 4.41.